The van der Waals surface area contributed by atoms with Crippen LogP contribution in [0.5, 0.6) is 0 Å². The summed E-state index contributed by atoms with van der Waals surface area (Å²) in [5, 5.41) is 0.655. The quantitative estimate of drug-likeness (QED) is 0.429. The maximum Gasteiger partial charge on any atom is 1.00 e. The van der Waals surface area contributed by atoms with Gasteiger partial charge in [-0.05, 0) is 6.07 Å². The molecule has 1 rings (SSSR count). The molecule has 1 aromatic rings. The van der Waals surface area contributed by atoms with Crippen LogP contribution in [0.2, 0.25) is 0 Å². The van der Waals surface area contributed by atoms with Crippen molar-refractivity contribution in [3.63, 3.8) is 0 Å². The first kappa shape index (κ1) is 7.89. The predicted octanol–water partition coefficient (Wildman–Crippen LogP) is 0.985. The minimum absolute atomic E-state index is 0. The van der Waals surface area contributed by atoms with Crippen LogP contribution in [0.15, 0.2) is 29.4 Å². The van der Waals surface area contributed by atoms with Gasteiger partial charge in [-0.1, -0.05) is 17.2 Å². The molecule has 8 heavy (non-hydrogen) atoms. The van der Waals surface area contributed by atoms with Gasteiger partial charge in [0.15, 0.2) is 0 Å². The molecule has 1 nitrogen and oxygen atoms in total. The SMILES string of the molecule is [Cu+].[S-]c1ccccn1. The first-order chi connectivity index (χ1) is 3.39. The van der Waals surface area contributed by atoms with Crippen LogP contribution in [0.3, 0.4) is 0 Å². The molecule has 0 saturated heterocycles. The first-order valence-electron chi connectivity index (χ1n) is 1.97. The van der Waals surface area contributed by atoms with Crippen molar-refractivity contribution in [3.8, 4) is 0 Å². The topological polar surface area (TPSA) is 12.9 Å². The second-order valence-corrected chi connectivity index (χ2v) is 1.59. The van der Waals surface area contributed by atoms with Crippen molar-refractivity contribution in [2.24, 2.45) is 0 Å². The van der Waals surface area contributed by atoms with Crippen molar-refractivity contribution in [1.82, 2.24) is 4.98 Å². The molecule has 0 fully saturated rings. The van der Waals surface area contributed by atoms with E-state index in [1.54, 1.807) is 12.3 Å². The smallest absolute Gasteiger partial charge is 0.760 e. The van der Waals surface area contributed by atoms with Crippen molar-refractivity contribution in [1.29, 1.82) is 0 Å². The monoisotopic (exact) mass is 173 g/mol. The molecule has 0 aliphatic rings. The normalized spacial score (nSPS) is 7.50. The summed E-state index contributed by atoms with van der Waals surface area (Å²) >= 11 is 4.70. The Kier molecular flexibility index (Phi) is 3.79. The Labute approximate surface area is 64.4 Å². The average molecular weight is 174 g/mol. The minimum atomic E-state index is 0. The standard InChI is InChI=1S/C5H5NS.Cu/c7-5-3-1-2-4-6-5;/h1-4H,(H,6,7);/q;+1/p-1. The van der Waals surface area contributed by atoms with Gasteiger partial charge in [-0.2, -0.15) is 0 Å². The molecular formula is C5H4CuNS. The third-order valence-electron chi connectivity index (χ3n) is 0.638. The van der Waals surface area contributed by atoms with Crippen molar-refractivity contribution in [2.45, 2.75) is 5.03 Å². The summed E-state index contributed by atoms with van der Waals surface area (Å²) in [4.78, 5) is 3.79. The Morgan fingerprint density at radius 1 is 1.38 bits per heavy atom. The van der Waals surface area contributed by atoms with E-state index in [4.69, 9.17) is 12.6 Å². The zero-order valence-corrected chi connectivity index (χ0v) is 5.72. The Morgan fingerprint density at radius 3 is 2.38 bits per heavy atom. The van der Waals surface area contributed by atoms with E-state index in [2.05, 4.69) is 4.98 Å². The molecule has 0 amide bonds. The maximum absolute atomic E-state index is 4.70. The third kappa shape index (κ3) is 2.26. The second-order valence-electron chi connectivity index (χ2n) is 1.17. The summed E-state index contributed by atoms with van der Waals surface area (Å²) in [5.41, 5.74) is 0. The van der Waals surface area contributed by atoms with E-state index in [0.717, 1.165) is 0 Å². The van der Waals surface area contributed by atoms with Gasteiger partial charge < -0.3 is 12.6 Å². The van der Waals surface area contributed by atoms with E-state index >= 15 is 0 Å². The van der Waals surface area contributed by atoms with Crippen LogP contribution in [0.1, 0.15) is 0 Å². The fourth-order valence-corrected chi connectivity index (χ4v) is 0.487. The number of pyridine rings is 1. The molecule has 1 heterocycles. The van der Waals surface area contributed by atoms with E-state index < -0.39 is 0 Å². The van der Waals surface area contributed by atoms with Crippen LogP contribution in [0.25, 0.3) is 0 Å². The van der Waals surface area contributed by atoms with Crippen LogP contribution in [0.4, 0.5) is 0 Å². The number of hydrogen-bond acceptors (Lipinski definition) is 2. The Balaban J connectivity index is 0.000000490. The van der Waals surface area contributed by atoms with Gasteiger partial charge in [0.05, 0.1) is 0 Å². The molecule has 0 N–H and O–H groups in total. The third-order valence-corrected chi connectivity index (χ3v) is 0.879. The summed E-state index contributed by atoms with van der Waals surface area (Å²) < 4.78 is 0. The zero-order chi connectivity index (χ0) is 5.11. The van der Waals surface area contributed by atoms with E-state index in [0.29, 0.717) is 5.03 Å². The van der Waals surface area contributed by atoms with Gasteiger partial charge >= 0.3 is 17.1 Å². The summed E-state index contributed by atoms with van der Waals surface area (Å²) in [6.45, 7) is 0. The van der Waals surface area contributed by atoms with E-state index in [9.17, 15) is 0 Å². The molecule has 0 saturated carbocycles. The molecular weight excluding hydrogens is 170 g/mol. The number of nitrogens with zero attached hydrogens (tertiary/aromatic N) is 1. The van der Waals surface area contributed by atoms with Crippen LogP contribution >= 0.6 is 0 Å². The first-order valence-corrected chi connectivity index (χ1v) is 2.38. The van der Waals surface area contributed by atoms with Crippen LogP contribution < -0.4 is 0 Å². The average Bonchev–Trinajstić information content (AvgIpc) is 1.69. The van der Waals surface area contributed by atoms with Crippen LogP contribution in [-0.4, -0.2) is 4.98 Å². The van der Waals surface area contributed by atoms with E-state index in [-0.39, 0.29) is 17.1 Å². The number of aromatic nitrogens is 1. The fraction of sp³-hybridized carbons (Fsp3) is 0. The van der Waals surface area contributed by atoms with Gasteiger partial charge in [0.25, 0.3) is 0 Å². The number of rotatable bonds is 0. The minimum Gasteiger partial charge on any atom is -0.760 e. The fourth-order valence-electron chi connectivity index (χ4n) is 0.347. The van der Waals surface area contributed by atoms with Crippen molar-refractivity contribution < 1.29 is 17.1 Å². The number of hydrogen-bond donors (Lipinski definition) is 0. The van der Waals surface area contributed by atoms with Crippen molar-refractivity contribution >= 4 is 12.6 Å². The Hall–Kier alpha value is -0.111. The van der Waals surface area contributed by atoms with Crippen LogP contribution in [-0.2, 0) is 29.7 Å². The molecule has 0 spiro atoms. The molecule has 0 atom stereocenters. The second kappa shape index (κ2) is 3.84. The maximum atomic E-state index is 4.70. The molecule has 0 unspecified atom stereocenters. The Morgan fingerprint density at radius 2 is 2.12 bits per heavy atom. The zero-order valence-electron chi connectivity index (χ0n) is 3.97. The molecule has 1 aromatic heterocycles. The summed E-state index contributed by atoms with van der Waals surface area (Å²) in [6.07, 6.45) is 1.68. The van der Waals surface area contributed by atoms with Gasteiger partial charge in [-0.25, -0.2) is 0 Å². The van der Waals surface area contributed by atoms with Crippen molar-refractivity contribution in [2.75, 3.05) is 0 Å². The van der Waals surface area contributed by atoms with E-state index in [1.807, 2.05) is 12.1 Å². The molecule has 3 heteroatoms. The van der Waals surface area contributed by atoms with Gasteiger partial charge in [-0.15, -0.1) is 0 Å². The molecule has 0 radical (unpaired) electrons. The molecule has 0 bridgehead atoms. The van der Waals surface area contributed by atoms with Gasteiger partial charge in [0.2, 0.25) is 0 Å². The molecule has 0 aliphatic carbocycles. The molecule has 0 aliphatic heterocycles. The summed E-state index contributed by atoms with van der Waals surface area (Å²) in [7, 11) is 0. The largest absolute Gasteiger partial charge is 1.00 e. The van der Waals surface area contributed by atoms with Crippen LogP contribution in [0, 0.1) is 0 Å². The van der Waals surface area contributed by atoms with Gasteiger partial charge in [0.1, 0.15) is 0 Å². The van der Waals surface area contributed by atoms with Gasteiger partial charge in [0, 0.05) is 6.20 Å². The Bertz CT molecular complexity index is 142. The van der Waals surface area contributed by atoms with Gasteiger partial charge in [-0.3, -0.25) is 4.98 Å². The summed E-state index contributed by atoms with van der Waals surface area (Å²) in [6, 6.07) is 5.50. The summed E-state index contributed by atoms with van der Waals surface area (Å²) in [5.74, 6) is 0. The predicted molar refractivity (Wildman–Crippen MR) is 29.9 cm³/mol. The molecule has 46 valence electrons. The van der Waals surface area contributed by atoms with E-state index in [1.165, 1.54) is 0 Å². The molecule has 0 aromatic carbocycles. The van der Waals surface area contributed by atoms with Crippen molar-refractivity contribution in [3.05, 3.63) is 24.4 Å².